The first kappa shape index (κ1) is 13.9. The molecule has 1 saturated carbocycles. The van der Waals surface area contributed by atoms with Gasteiger partial charge in [-0.25, -0.2) is 9.97 Å². The maximum absolute atomic E-state index is 4.58. The zero-order valence-electron chi connectivity index (χ0n) is 12.9. The van der Waals surface area contributed by atoms with Crippen molar-refractivity contribution in [3.05, 3.63) is 30.5 Å². The van der Waals surface area contributed by atoms with E-state index in [0.29, 0.717) is 11.4 Å². The summed E-state index contributed by atoms with van der Waals surface area (Å²) in [5, 5.41) is 3.40. The van der Waals surface area contributed by atoms with Gasteiger partial charge in [-0.1, -0.05) is 0 Å². The summed E-state index contributed by atoms with van der Waals surface area (Å²) in [5.74, 6) is 1.67. The average molecular weight is 286 g/mol. The fourth-order valence-electron chi connectivity index (χ4n) is 2.57. The molecule has 0 unspecified atom stereocenters. The molecule has 0 radical (unpaired) electrons. The third-order valence-corrected chi connectivity index (χ3v) is 4.02. The average Bonchev–Trinajstić information content (AvgIpc) is 3.02. The Hall–Kier alpha value is -2.11. The molecule has 0 aromatic carbocycles. The van der Waals surface area contributed by atoms with Crippen LogP contribution in [-0.2, 0) is 6.54 Å². The number of nitrogens with zero attached hydrogens (tertiary/aromatic N) is 5. The van der Waals surface area contributed by atoms with Crippen LogP contribution < -0.4 is 10.2 Å². The molecule has 21 heavy (non-hydrogen) atoms. The number of aryl methyl sites for hydroxylation is 1. The van der Waals surface area contributed by atoms with E-state index in [2.05, 4.69) is 24.8 Å². The Labute approximate surface area is 125 Å². The Morgan fingerprint density at radius 2 is 2.19 bits per heavy atom. The number of rotatable bonds is 6. The van der Waals surface area contributed by atoms with Crippen molar-refractivity contribution < 1.29 is 0 Å². The van der Waals surface area contributed by atoms with Gasteiger partial charge in [0.25, 0.3) is 0 Å². The Morgan fingerprint density at radius 1 is 1.38 bits per heavy atom. The minimum Gasteiger partial charge on any atom is -0.362 e. The molecule has 0 aliphatic heterocycles. The minimum atomic E-state index is 0.327. The highest BCUT2D eigenvalue weighted by Gasteiger charge is 2.42. The van der Waals surface area contributed by atoms with Crippen LogP contribution in [0.2, 0.25) is 0 Å². The Morgan fingerprint density at radius 3 is 2.81 bits per heavy atom. The summed E-state index contributed by atoms with van der Waals surface area (Å²) in [6, 6.07) is 0. The third-order valence-electron chi connectivity index (χ3n) is 4.02. The lowest BCUT2D eigenvalue weighted by atomic mass is 10.1. The first-order chi connectivity index (χ1) is 10.1. The molecule has 1 aliphatic rings. The van der Waals surface area contributed by atoms with Crippen molar-refractivity contribution >= 4 is 11.8 Å². The zero-order valence-corrected chi connectivity index (χ0v) is 12.9. The van der Waals surface area contributed by atoms with Crippen molar-refractivity contribution in [3.8, 4) is 0 Å². The second-order valence-electron chi connectivity index (χ2n) is 6.18. The fourth-order valence-corrected chi connectivity index (χ4v) is 2.57. The quantitative estimate of drug-likeness (QED) is 0.879. The first-order valence-electron chi connectivity index (χ1n) is 7.29. The predicted molar refractivity (Wildman–Crippen MR) is 83.5 cm³/mol. The smallest absolute Gasteiger partial charge is 0.224 e. The summed E-state index contributed by atoms with van der Waals surface area (Å²) >= 11 is 0. The molecule has 0 atom stereocenters. The van der Waals surface area contributed by atoms with Crippen LogP contribution in [0.5, 0.6) is 0 Å². The molecule has 0 amide bonds. The van der Waals surface area contributed by atoms with Crippen molar-refractivity contribution in [2.75, 3.05) is 30.9 Å². The van der Waals surface area contributed by atoms with Gasteiger partial charge in [0.2, 0.25) is 5.95 Å². The Balaban J connectivity index is 1.64. The highest BCUT2D eigenvalue weighted by atomic mass is 15.2. The third kappa shape index (κ3) is 3.15. The number of anilines is 2. The topological polar surface area (TPSA) is 58.9 Å². The molecule has 2 aromatic rings. The SMILES string of the molecule is Cc1cnc(NCC2(Cn3ccnc3)CC2)nc1N(C)C. The summed E-state index contributed by atoms with van der Waals surface area (Å²) in [6.07, 6.45) is 10.1. The van der Waals surface area contributed by atoms with Gasteiger partial charge < -0.3 is 14.8 Å². The summed E-state index contributed by atoms with van der Waals surface area (Å²) in [7, 11) is 4.00. The molecule has 1 N–H and O–H groups in total. The second kappa shape index (κ2) is 5.35. The van der Waals surface area contributed by atoms with Gasteiger partial charge in [-0.05, 0) is 19.8 Å². The van der Waals surface area contributed by atoms with E-state index in [1.165, 1.54) is 12.8 Å². The summed E-state index contributed by atoms with van der Waals surface area (Å²) in [5.41, 5.74) is 1.41. The van der Waals surface area contributed by atoms with E-state index < -0.39 is 0 Å². The molecule has 3 rings (SSSR count). The molecule has 6 nitrogen and oxygen atoms in total. The van der Waals surface area contributed by atoms with Gasteiger partial charge >= 0.3 is 0 Å². The molecule has 1 aliphatic carbocycles. The summed E-state index contributed by atoms with van der Waals surface area (Å²) < 4.78 is 2.15. The van der Waals surface area contributed by atoms with Gasteiger partial charge in [-0.3, -0.25) is 0 Å². The second-order valence-corrected chi connectivity index (χ2v) is 6.18. The summed E-state index contributed by atoms with van der Waals surface area (Å²) in [4.78, 5) is 15.1. The molecule has 0 spiro atoms. The van der Waals surface area contributed by atoms with Crippen LogP contribution >= 0.6 is 0 Å². The highest BCUT2D eigenvalue weighted by molar-refractivity contribution is 5.47. The number of nitrogens with one attached hydrogen (secondary N) is 1. The first-order valence-corrected chi connectivity index (χ1v) is 7.29. The maximum Gasteiger partial charge on any atom is 0.224 e. The van der Waals surface area contributed by atoms with Crippen LogP contribution in [0, 0.1) is 12.3 Å². The van der Waals surface area contributed by atoms with E-state index in [9.17, 15) is 0 Å². The largest absolute Gasteiger partial charge is 0.362 e. The Bertz CT molecular complexity index is 601. The number of hydrogen-bond donors (Lipinski definition) is 1. The monoisotopic (exact) mass is 286 g/mol. The maximum atomic E-state index is 4.58. The van der Waals surface area contributed by atoms with Crippen molar-refractivity contribution in [1.29, 1.82) is 0 Å². The predicted octanol–water partition coefficient (Wildman–Crippen LogP) is 1.94. The standard InChI is InChI=1S/C15H22N6/c1-12-8-17-14(19-13(12)20(2)3)18-9-15(4-5-15)10-21-7-6-16-11-21/h6-8,11H,4-5,9-10H2,1-3H3,(H,17,18,19). The van der Waals surface area contributed by atoms with E-state index in [1.54, 1.807) is 0 Å². The molecule has 112 valence electrons. The van der Waals surface area contributed by atoms with Crippen molar-refractivity contribution in [3.63, 3.8) is 0 Å². The van der Waals surface area contributed by atoms with Crippen LogP contribution in [0.15, 0.2) is 24.9 Å². The van der Waals surface area contributed by atoms with Crippen LogP contribution in [0.4, 0.5) is 11.8 Å². The minimum absolute atomic E-state index is 0.327. The van der Waals surface area contributed by atoms with Crippen LogP contribution in [0.3, 0.4) is 0 Å². The van der Waals surface area contributed by atoms with E-state index in [0.717, 1.165) is 24.5 Å². The molecule has 2 aromatic heterocycles. The van der Waals surface area contributed by atoms with Gasteiger partial charge in [0.1, 0.15) is 5.82 Å². The lowest BCUT2D eigenvalue weighted by Gasteiger charge is -2.18. The lowest BCUT2D eigenvalue weighted by molar-refractivity contribution is 0.443. The summed E-state index contributed by atoms with van der Waals surface area (Å²) in [6.45, 7) is 3.94. The van der Waals surface area contributed by atoms with Gasteiger partial charge in [-0.15, -0.1) is 0 Å². The molecule has 0 saturated heterocycles. The zero-order chi connectivity index (χ0) is 14.9. The number of imidazole rings is 1. The van der Waals surface area contributed by atoms with Crippen molar-refractivity contribution in [2.45, 2.75) is 26.3 Å². The van der Waals surface area contributed by atoms with E-state index in [4.69, 9.17) is 0 Å². The Kier molecular flexibility index (Phi) is 3.53. The molecular formula is C15H22N6. The van der Waals surface area contributed by atoms with Crippen molar-refractivity contribution in [2.24, 2.45) is 5.41 Å². The van der Waals surface area contributed by atoms with Gasteiger partial charge in [0.15, 0.2) is 0 Å². The van der Waals surface area contributed by atoms with E-state index >= 15 is 0 Å². The lowest BCUT2D eigenvalue weighted by Crippen LogP contribution is -2.22. The van der Waals surface area contributed by atoms with Crippen molar-refractivity contribution in [1.82, 2.24) is 19.5 Å². The fraction of sp³-hybridized carbons (Fsp3) is 0.533. The number of aromatic nitrogens is 4. The molecular weight excluding hydrogens is 264 g/mol. The van der Waals surface area contributed by atoms with Crippen LogP contribution in [0.25, 0.3) is 0 Å². The number of hydrogen-bond acceptors (Lipinski definition) is 5. The van der Waals surface area contributed by atoms with Crippen LogP contribution in [-0.4, -0.2) is 40.2 Å². The van der Waals surface area contributed by atoms with Crippen LogP contribution in [0.1, 0.15) is 18.4 Å². The molecule has 1 fully saturated rings. The molecule has 0 bridgehead atoms. The van der Waals surface area contributed by atoms with E-state index in [1.807, 2.05) is 50.8 Å². The molecule has 6 heteroatoms. The molecule has 2 heterocycles. The van der Waals surface area contributed by atoms with Gasteiger partial charge in [0, 0.05) is 56.8 Å². The van der Waals surface area contributed by atoms with Gasteiger partial charge in [0.05, 0.1) is 6.33 Å². The van der Waals surface area contributed by atoms with E-state index in [-0.39, 0.29) is 0 Å². The van der Waals surface area contributed by atoms with Gasteiger partial charge in [-0.2, -0.15) is 4.98 Å². The highest BCUT2D eigenvalue weighted by Crippen LogP contribution is 2.47. The normalized spacial score (nSPS) is 15.8.